The number of carboxylic acid groups (broad SMARTS) is 1. The maximum atomic E-state index is 12.5. The zero-order valence-electron chi connectivity index (χ0n) is 14.0. The predicted molar refractivity (Wildman–Crippen MR) is 97.2 cm³/mol. The van der Waals surface area contributed by atoms with Crippen molar-refractivity contribution >= 4 is 40.2 Å². The SMILES string of the molecule is Cc1c(C)c(C)c(CC2SC(=S)N(CC(=O)O)C2=O)c(C)c1C. The van der Waals surface area contributed by atoms with Gasteiger partial charge in [-0.15, -0.1) is 0 Å². The Morgan fingerprint density at radius 1 is 1.09 bits per heavy atom. The number of rotatable bonds is 4. The second-order valence-corrected chi connectivity index (χ2v) is 7.83. The molecule has 1 heterocycles. The lowest BCUT2D eigenvalue weighted by Crippen LogP contribution is -2.36. The van der Waals surface area contributed by atoms with Crippen LogP contribution in [-0.2, 0) is 16.0 Å². The van der Waals surface area contributed by atoms with Crippen LogP contribution in [0.5, 0.6) is 0 Å². The van der Waals surface area contributed by atoms with Gasteiger partial charge < -0.3 is 5.11 Å². The van der Waals surface area contributed by atoms with Crippen molar-refractivity contribution in [2.75, 3.05) is 6.54 Å². The summed E-state index contributed by atoms with van der Waals surface area (Å²) in [6, 6.07) is 0. The number of aliphatic carboxylic acids is 1. The first-order valence-corrected chi connectivity index (χ1v) is 8.73. The molecule has 2 rings (SSSR count). The molecular weight excluding hydrogens is 330 g/mol. The van der Waals surface area contributed by atoms with E-state index >= 15 is 0 Å². The van der Waals surface area contributed by atoms with Crippen LogP contribution >= 0.6 is 24.0 Å². The van der Waals surface area contributed by atoms with Crippen molar-refractivity contribution in [2.24, 2.45) is 0 Å². The summed E-state index contributed by atoms with van der Waals surface area (Å²) >= 11 is 6.47. The van der Waals surface area contributed by atoms with Crippen molar-refractivity contribution in [2.45, 2.75) is 46.3 Å². The van der Waals surface area contributed by atoms with Crippen LogP contribution in [0.4, 0.5) is 0 Å². The minimum Gasteiger partial charge on any atom is -0.480 e. The highest BCUT2D eigenvalue weighted by molar-refractivity contribution is 8.24. The van der Waals surface area contributed by atoms with E-state index in [1.807, 2.05) is 0 Å². The molecule has 1 fully saturated rings. The summed E-state index contributed by atoms with van der Waals surface area (Å²) in [5, 5.41) is 8.58. The van der Waals surface area contributed by atoms with E-state index < -0.39 is 5.97 Å². The van der Waals surface area contributed by atoms with E-state index in [2.05, 4.69) is 34.6 Å². The lowest BCUT2D eigenvalue weighted by molar-refractivity contribution is -0.141. The largest absolute Gasteiger partial charge is 0.480 e. The van der Waals surface area contributed by atoms with Crippen molar-refractivity contribution in [3.8, 4) is 0 Å². The summed E-state index contributed by atoms with van der Waals surface area (Å²) in [6.07, 6.45) is 0.583. The summed E-state index contributed by atoms with van der Waals surface area (Å²) in [6.45, 7) is 10.1. The summed E-state index contributed by atoms with van der Waals surface area (Å²) < 4.78 is 0.360. The predicted octanol–water partition coefficient (Wildman–Crippen LogP) is 3.08. The van der Waals surface area contributed by atoms with Gasteiger partial charge in [-0.1, -0.05) is 24.0 Å². The van der Waals surface area contributed by atoms with Gasteiger partial charge in [0.15, 0.2) is 0 Å². The normalized spacial score (nSPS) is 18.0. The van der Waals surface area contributed by atoms with Gasteiger partial charge in [-0.25, -0.2) is 0 Å². The molecular formula is C17H21NO3S2. The third-order valence-electron chi connectivity index (χ3n) is 4.84. The maximum absolute atomic E-state index is 12.5. The van der Waals surface area contributed by atoms with E-state index in [0.717, 1.165) is 0 Å². The number of hydrogen-bond acceptors (Lipinski definition) is 4. The molecule has 1 atom stereocenters. The van der Waals surface area contributed by atoms with Crippen molar-refractivity contribution in [1.82, 2.24) is 4.90 Å². The highest BCUT2D eigenvalue weighted by atomic mass is 32.2. The topological polar surface area (TPSA) is 57.6 Å². The first-order valence-electron chi connectivity index (χ1n) is 7.44. The van der Waals surface area contributed by atoms with E-state index in [0.29, 0.717) is 10.7 Å². The van der Waals surface area contributed by atoms with Gasteiger partial charge in [-0.2, -0.15) is 0 Å². The highest BCUT2D eigenvalue weighted by Crippen LogP contribution is 2.33. The molecule has 1 aromatic carbocycles. The minimum absolute atomic E-state index is 0.197. The van der Waals surface area contributed by atoms with Crippen molar-refractivity contribution in [3.05, 3.63) is 33.4 Å². The third-order valence-corrected chi connectivity index (χ3v) is 6.43. The fourth-order valence-corrected chi connectivity index (χ4v) is 4.48. The molecule has 1 N–H and O–H groups in total. The Balaban J connectivity index is 2.33. The van der Waals surface area contributed by atoms with Gasteiger partial charge in [0.2, 0.25) is 5.91 Å². The van der Waals surface area contributed by atoms with Crippen LogP contribution in [0.15, 0.2) is 0 Å². The molecule has 1 saturated heterocycles. The van der Waals surface area contributed by atoms with Crippen LogP contribution in [0.25, 0.3) is 0 Å². The molecule has 0 bridgehead atoms. The summed E-state index contributed by atoms with van der Waals surface area (Å²) in [5.74, 6) is -1.24. The van der Waals surface area contributed by atoms with Gasteiger partial charge >= 0.3 is 5.97 Å². The Morgan fingerprint density at radius 3 is 2.04 bits per heavy atom. The van der Waals surface area contributed by atoms with Crippen molar-refractivity contribution in [1.29, 1.82) is 0 Å². The zero-order valence-corrected chi connectivity index (χ0v) is 15.7. The average molecular weight is 351 g/mol. The van der Waals surface area contributed by atoms with Gasteiger partial charge in [-0.3, -0.25) is 14.5 Å². The standard InChI is InChI=1S/C17H21NO3S2/c1-8-9(2)11(4)13(12(5)10(8)3)6-14-16(21)18(7-15(19)20)17(22)23-14/h14H,6-7H2,1-5H3,(H,19,20). The lowest BCUT2D eigenvalue weighted by atomic mass is 9.87. The number of carboxylic acids is 1. The number of amides is 1. The van der Waals surface area contributed by atoms with E-state index in [1.165, 1.54) is 50.0 Å². The minimum atomic E-state index is -1.05. The smallest absolute Gasteiger partial charge is 0.323 e. The molecule has 4 nitrogen and oxygen atoms in total. The van der Waals surface area contributed by atoms with Gasteiger partial charge in [-0.05, 0) is 74.4 Å². The first-order chi connectivity index (χ1) is 10.6. The van der Waals surface area contributed by atoms with Gasteiger partial charge in [0.05, 0.1) is 5.25 Å². The molecule has 0 aliphatic carbocycles. The van der Waals surface area contributed by atoms with E-state index in [4.69, 9.17) is 17.3 Å². The molecule has 23 heavy (non-hydrogen) atoms. The molecule has 6 heteroatoms. The fourth-order valence-electron chi connectivity index (χ4n) is 2.98. The molecule has 1 unspecified atom stereocenters. The number of nitrogens with zero attached hydrogens (tertiary/aromatic N) is 1. The Hall–Kier alpha value is -1.40. The number of hydrogen-bond donors (Lipinski definition) is 1. The molecule has 1 aliphatic heterocycles. The van der Waals surface area contributed by atoms with E-state index in [1.54, 1.807) is 0 Å². The van der Waals surface area contributed by atoms with Crippen LogP contribution in [0, 0.1) is 34.6 Å². The number of carbonyl (C=O) groups excluding carboxylic acids is 1. The van der Waals surface area contributed by atoms with Gasteiger partial charge in [0.1, 0.15) is 10.9 Å². The second-order valence-electron chi connectivity index (χ2n) is 6.00. The molecule has 1 aromatic rings. The Labute approximate surface area is 146 Å². The van der Waals surface area contributed by atoms with Gasteiger partial charge in [0, 0.05) is 0 Å². The molecule has 0 aromatic heterocycles. The highest BCUT2D eigenvalue weighted by Gasteiger charge is 2.38. The molecule has 0 radical (unpaired) electrons. The summed E-state index contributed by atoms with van der Waals surface area (Å²) in [7, 11) is 0. The van der Waals surface area contributed by atoms with Crippen molar-refractivity contribution < 1.29 is 14.7 Å². The second kappa shape index (κ2) is 6.61. The molecule has 0 spiro atoms. The molecule has 1 aliphatic rings. The Morgan fingerprint density at radius 2 is 1.57 bits per heavy atom. The maximum Gasteiger partial charge on any atom is 0.323 e. The number of carbonyl (C=O) groups is 2. The Kier molecular flexibility index (Phi) is 5.16. The molecule has 124 valence electrons. The summed E-state index contributed by atoms with van der Waals surface area (Å²) in [4.78, 5) is 24.6. The fraction of sp³-hybridized carbons (Fsp3) is 0.471. The third kappa shape index (κ3) is 3.28. The zero-order chi connectivity index (χ0) is 17.5. The van der Waals surface area contributed by atoms with E-state index in [9.17, 15) is 9.59 Å². The summed E-state index contributed by atoms with van der Waals surface area (Å²) in [5.41, 5.74) is 7.39. The average Bonchev–Trinajstić information content (AvgIpc) is 2.74. The van der Waals surface area contributed by atoms with Crippen LogP contribution in [0.3, 0.4) is 0 Å². The first kappa shape index (κ1) is 17.9. The number of thioether (sulfide) groups is 1. The van der Waals surface area contributed by atoms with Crippen LogP contribution < -0.4 is 0 Å². The lowest BCUT2D eigenvalue weighted by Gasteiger charge is -2.20. The number of benzene rings is 1. The van der Waals surface area contributed by atoms with Gasteiger partial charge in [0.25, 0.3) is 0 Å². The van der Waals surface area contributed by atoms with Crippen LogP contribution in [0.1, 0.15) is 33.4 Å². The molecule has 1 amide bonds. The Bertz CT molecular complexity index is 683. The van der Waals surface area contributed by atoms with Crippen LogP contribution in [0.2, 0.25) is 0 Å². The quantitative estimate of drug-likeness (QED) is 0.845. The van der Waals surface area contributed by atoms with Crippen LogP contribution in [-0.4, -0.2) is 38.0 Å². The number of thiocarbonyl (C=S) groups is 1. The van der Waals surface area contributed by atoms with E-state index in [-0.39, 0.29) is 17.7 Å². The molecule has 0 saturated carbocycles. The monoisotopic (exact) mass is 351 g/mol. The van der Waals surface area contributed by atoms with Crippen molar-refractivity contribution in [3.63, 3.8) is 0 Å².